The van der Waals surface area contributed by atoms with E-state index in [1.54, 1.807) is 7.11 Å². The maximum absolute atomic E-state index is 11.2. The molecule has 1 aromatic rings. The molecule has 78 valence electrons. The summed E-state index contributed by atoms with van der Waals surface area (Å²) >= 11 is 1.33. The third-order valence-corrected chi connectivity index (χ3v) is 2.09. The Morgan fingerprint density at radius 1 is 1.57 bits per heavy atom. The van der Waals surface area contributed by atoms with Crippen LogP contribution in [0, 0.1) is 6.92 Å². The fraction of sp³-hybridized carbons (Fsp3) is 0.571. The van der Waals surface area contributed by atoms with Gasteiger partial charge in [0, 0.05) is 13.7 Å². The minimum Gasteiger partial charge on any atom is -0.383 e. The monoisotopic (exact) mass is 216 g/mol. The number of ether oxygens (including phenoxy) is 1. The number of rotatable bonds is 4. The van der Waals surface area contributed by atoms with Crippen molar-refractivity contribution in [2.45, 2.75) is 6.92 Å². The standard InChI is InChI=1S/C7H12N4O2S/c1-5-10-11-7(14-5)9-6(12)8-3-4-13-2/h3-4H2,1-2H3,(H2,8,9,11,12). The van der Waals surface area contributed by atoms with Crippen molar-refractivity contribution in [3.63, 3.8) is 0 Å². The molecule has 0 fully saturated rings. The molecule has 0 aliphatic heterocycles. The Balaban J connectivity index is 2.27. The smallest absolute Gasteiger partial charge is 0.321 e. The van der Waals surface area contributed by atoms with Crippen LogP contribution in [0.15, 0.2) is 0 Å². The number of nitrogens with zero attached hydrogens (tertiary/aromatic N) is 2. The minimum atomic E-state index is -0.293. The molecule has 0 aliphatic rings. The van der Waals surface area contributed by atoms with Gasteiger partial charge in [0.25, 0.3) is 0 Å². The first-order chi connectivity index (χ1) is 6.72. The third-order valence-electron chi connectivity index (χ3n) is 1.34. The lowest BCUT2D eigenvalue weighted by atomic mass is 10.7. The van der Waals surface area contributed by atoms with Gasteiger partial charge in [-0.05, 0) is 6.92 Å². The molecule has 0 unspecified atom stereocenters. The Morgan fingerprint density at radius 3 is 2.93 bits per heavy atom. The lowest BCUT2D eigenvalue weighted by Gasteiger charge is -2.03. The number of carbonyl (C=O) groups is 1. The van der Waals surface area contributed by atoms with Crippen molar-refractivity contribution in [1.29, 1.82) is 0 Å². The first-order valence-electron chi connectivity index (χ1n) is 4.06. The van der Waals surface area contributed by atoms with Gasteiger partial charge >= 0.3 is 6.03 Å². The number of carbonyl (C=O) groups excluding carboxylic acids is 1. The molecule has 1 aromatic heterocycles. The van der Waals surface area contributed by atoms with Crippen molar-refractivity contribution in [2.75, 3.05) is 25.6 Å². The molecule has 0 aromatic carbocycles. The predicted octanol–water partition coefficient (Wildman–Crippen LogP) is 0.614. The van der Waals surface area contributed by atoms with Crippen LogP contribution in [0.5, 0.6) is 0 Å². The van der Waals surface area contributed by atoms with E-state index in [4.69, 9.17) is 4.74 Å². The summed E-state index contributed by atoms with van der Waals surface area (Å²) in [5.74, 6) is 0. The Labute approximate surface area is 85.7 Å². The molecule has 2 amide bonds. The van der Waals surface area contributed by atoms with E-state index in [0.29, 0.717) is 18.3 Å². The zero-order valence-corrected chi connectivity index (χ0v) is 8.85. The fourth-order valence-electron chi connectivity index (χ4n) is 0.755. The van der Waals surface area contributed by atoms with Gasteiger partial charge in [0.15, 0.2) is 0 Å². The number of nitrogens with one attached hydrogen (secondary N) is 2. The minimum absolute atomic E-state index is 0.293. The molecule has 7 heteroatoms. The third kappa shape index (κ3) is 3.67. The second kappa shape index (κ2) is 5.51. The van der Waals surface area contributed by atoms with E-state index >= 15 is 0 Å². The van der Waals surface area contributed by atoms with Crippen LogP contribution in [0.25, 0.3) is 0 Å². The number of anilines is 1. The quantitative estimate of drug-likeness (QED) is 0.723. The Kier molecular flexibility index (Phi) is 4.27. The molecular weight excluding hydrogens is 204 g/mol. The zero-order chi connectivity index (χ0) is 10.4. The highest BCUT2D eigenvalue weighted by molar-refractivity contribution is 7.15. The van der Waals surface area contributed by atoms with E-state index in [1.165, 1.54) is 11.3 Å². The summed E-state index contributed by atoms with van der Waals surface area (Å²) in [6.07, 6.45) is 0. The van der Waals surface area contributed by atoms with Crippen molar-refractivity contribution in [1.82, 2.24) is 15.5 Å². The fourth-order valence-corrected chi connectivity index (χ4v) is 1.34. The van der Waals surface area contributed by atoms with E-state index in [1.807, 2.05) is 6.92 Å². The highest BCUT2D eigenvalue weighted by Crippen LogP contribution is 2.12. The highest BCUT2D eigenvalue weighted by atomic mass is 32.1. The van der Waals surface area contributed by atoms with Crippen molar-refractivity contribution in [3.8, 4) is 0 Å². The van der Waals surface area contributed by atoms with Crippen LogP contribution in [0.1, 0.15) is 5.01 Å². The number of aromatic nitrogens is 2. The average Bonchev–Trinajstić information content (AvgIpc) is 2.52. The lowest BCUT2D eigenvalue weighted by molar-refractivity contribution is 0.198. The molecule has 0 spiro atoms. The van der Waals surface area contributed by atoms with E-state index in [2.05, 4.69) is 20.8 Å². The molecule has 14 heavy (non-hydrogen) atoms. The molecule has 0 bridgehead atoms. The van der Waals surface area contributed by atoms with Crippen LogP contribution >= 0.6 is 11.3 Å². The Morgan fingerprint density at radius 2 is 2.36 bits per heavy atom. The molecule has 0 saturated carbocycles. The maximum atomic E-state index is 11.2. The summed E-state index contributed by atoms with van der Waals surface area (Å²) in [5.41, 5.74) is 0. The first kappa shape index (κ1) is 10.9. The predicted molar refractivity (Wildman–Crippen MR) is 53.5 cm³/mol. The van der Waals surface area contributed by atoms with E-state index in [9.17, 15) is 4.79 Å². The molecule has 2 N–H and O–H groups in total. The summed E-state index contributed by atoms with van der Waals surface area (Å²) in [4.78, 5) is 11.2. The van der Waals surface area contributed by atoms with Crippen molar-refractivity contribution in [2.24, 2.45) is 0 Å². The van der Waals surface area contributed by atoms with Gasteiger partial charge in [-0.3, -0.25) is 5.32 Å². The molecule has 1 rings (SSSR count). The summed E-state index contributed by atoms with van der Waals surface area (Å²) in [7, 11) is 1.58. The van der Waals surface area contributed by atoms with Gasteiger partial charge in [-0.2, -0.15) is 0 Å². The average molecular weight is 216 g/mol. The van der Waals surface area contributed by atoms with Crippen LogP contribution in [-0.4, -0.2) is 36.5 Å². The number of hydrogen-bond donors (Lipinski definition) is 2. The van der Waals surface area contributed by atoms with Crippen LogP contribution < -0.4 is 10.6 Å². The van der Waals surface area contributed by atoms with Crippen LogP contribution in [0.2, 0.25) is 0 Å². The molecular formula is C7H12N4O2S. The van der Waals surface area contributed by atoms with Gasteiger partial charge in [-0.1, -0.05) is 11.3 Å². The summed E-state index contributed by atoms with van der Waals surface area (Å²) < 4.78 is 4.78. The summed E-state index contributed by atoms with van der Waals surface area (Å²) in [6.45, 7) is 2.79. The molecule has 0 saturated heterocycles. The topological polar surface area (TPSA) is 76.1 Å². The number of amides is 2. The van der Waals surface area contributed by atoms with Crippen LogP contribution in [0.4, 0.5) is 9.93 Å². The van der Waals surface area contributed by atoms with E-state index in [0.717, 1.165) is 5.01 Å². The summed E-state index contributed by atoms with van der Waals surface area (Å²) in [6, 6.07) is -0.293. The second-order valence-electron chi connectivity index (χ2n) is 2.50. The van der Waals surface area contributed by atoms with Gasteiger partial charge in [-0.25, -0.2) is 4.79 Å². The van der Waals surface area contributed by atoms with Crippen LogP contribution in [0.3, 0.4) is 0 Å². The normalized spacial score (nSPS) is 9.86. The molecule has 1 heterocycles. The van der Waals surface area contributed by atoms with Gasteiger partial charge < -0.3 is 10.1 Å². The lowest BCUT2D eigenvalue weighted by Crippen LogP contribution is -2.31. The van der Waals surface area contributed by atoms with Gasteiger partial charge in [0.1, 0.15) is 5.01 Å². The number of methoxy groups -OCH3 is 1. The molecule has 0 atom stereocenters. The van der Waals surface area contributed by atoms with Crippen molar-refractivity contribution in [3.05, 3.63) is 5.01 Å². The van der Waals surface area contributed by atoms with Gasteiger partial charge in [0.05, 0.1) is 6.61 Å². The highest BCUT2D eigenvalue weighted by Gasteiger charge is 2.04. The number of hydrogen-bond acceptors (Lipinski definition) is 5. The number of urea groups is 1. The van der Waals surface area contributed by atoms with Crippen molar-refractivity contribution < 1.29 is 9.53 Å². The number of aryl methyl sites for hydroxylation is 1. The Bertz CT molecular complexity index is 302. The maximum Gasteiger partial charge on any atom is 0.321 e. The van der Waals surface area contributed by atoms with E-state index in [-0.39, 0.29) is 6.03 Å². The largest absolute Gasteiger partial charge is 0.383 e. The Hall–Kier alpha value is -1.21. The van der Waals surface area contributed by atoms with Gasteiger partial charge in [-0.15, -0.1) is 10.2 Å². The van der Waals surface area contributed by atoms with Crippen molar-refractivity contribution >= 4 is 22.5 Å². The van der Waals surface area contributed by atoms with Gasteiger partial charge in [0.2, 0.25) is 5.13 Å². The molecule has 0 aliphatic carbocycles. The van der Waals surface area contributed by atoms with Crippen LogP contribution in [-0.2, 0) is 4.74 Å². The summed E-state index contributed by atoms with van der Waals surface area (Å²) in [5, 5.41) is 14.0. The molecule has 0 radical (unpaired) electrons. The first-order valence-corrected chi connectivity index (χ1v) is 4.88. The second-order valence-corrected chi connectivity index (χ2v) is 3.68. The zero-order valence-electron chi connectivity index (χ0n) is 8.03. The van der Waals surface area contributed by atoms with E-state index < -0.39 is 0 Å². The molecule has 6 nitrogen and oxygen atoms in total. The SMILES string of the molecule is COCCNC(=O)Nc1nnc(C)s1.